The van der Waals surface area contributed by atoms with Crippen molar-refractivity contribution < 1.29 is 9.53 Å². The molecule has 0 saturated heterocycles. The van der Waals surface area contributed by atoms with E-state index in [1.54, 1.807) is 7.11 Å². The number of ether oxygens (including phenoxy) is 1. The van der Waals surface area contributed by atoms with Crippen LogP contribution in [-0.2, 0) is 4.79 Å². The molecule has 1 atom stereocenters. The van der Waals surface area contributed by atoms with Crippen molar-refractivity contribution in [3.63, 3.8) is 0 Å². The molecule has 0 amide bonds. The monoisotopic (exact) mass is 272 g/mol. The number of carbonyl (C=O) groups is 1. The summed E-state index contributed by atoms with van der Waals surface area (Å²) in [4.78, 5) is 11.4. The Kier molecular flexibility index (Phi) is 3.38. The number of aldehydes is 1. The molecule has 0 spiro atoms. The van der Waals surface area contributed by atoms with Gasteiger partial charge in [-0.15, -0.1) is 0 Å². The fourth-order valence-electron chi connectivity index (χ4n) is 3.84. The molecular formula is C17H22NO2+. The van der Waals surface area contributed by atoms with Crippen molar-refractivity contribution in [2.24, 2.45) is 0 Å². The molecule has 0 N–H and O–H groups in total. The van der Waals surface area contributed by atoms with Crippen LogP contribution in [0.2, 0.25) is 0 Å². The molecule has 106 valence electrons. The lowest BCUT2D eigenvalue weighted by atomic mass is 9.92. The molecule has 1 heterocycles. The lowest BCUT2D eigenvalue weighted by molar-refractivity contribution is -0.103. The highest BCUT2D eigenvalue weighted by atomic mass is 16.5. The minimum atomic E-state index is 0.552. The van der Waals surface area contributed by atoms with Gasteiger partial charge in [0.15, 0.2) is 17.7 Å². The molecule has 0 radical (unpaired) electrons. The topological polar surface area (TPSA) is 26.3 Å². The van der Waals surface area contributed by atoms with Crippen LogP contribution in [0.1, 0.15) is 37.7 Å². The standard InChI is InChI=1S/C17H22NO2/c1-18(14-7-4-3-5-8-14)11-13(12-19)15-9-6-10-16(20-2)17(15)18/h6,9-12,14H,3-5,7-8H2,1-2H3/q+1. The van der Waals surface area contributed by atoms with Gasteiger partial charge in [-0.2, -0.15) is 0 Å². The number of para-hydroxylation sites is 1. The number of hydrogen-bond donors (Lipinski definition) is 0. The number of carbonyl (C=O) groups excluding carboxylic acids is 1. The maximum absolute atomic E-state index is 11.4. The third-order valence-electron chi connectivity index (χ3n) is 4.88. The predicted molar refractivity (Wildman–Crippen MR) is 81.6 cm³/mol. The SMILES string of the molecule is COc1cccc2c1[N+](C)(C1CCCCC1)C=C2C=O. The first-order valence-electron chi connectivity index (χ1n) is 7.42. The van der Waals surface area contributed by atoms with Crippen LogP contribution >= 0.6 is 0 Å². The normalized spacial score (nSPS) is 26.0. The summed E-state index contributed by atoms with van der Waals surface area (Å²) < 4.78 is 6.29. The molecule has 1 aromatic rings. The molecule has 1 aliphatic heterocycles. The van der Waals surface area contributed by atoms with E-state index in [2.05, 4.69) is 13.2 Å². The van der Waals surface area contributed by atoms with E-state index in [9.17, 15) is 4.79 Å². The minimum absolute atomic E-state index is 0.552. The first kappa shape index (κ1) is 13.4. The molecule has 1 fully saturated rings. The van der Waals surface area contributed by atoms with Gasteiger partial charge in [-0.3, -0.25) is 9.28 Å². The maximum Gasteiger partial charge on any atom is 0.188 e. The lowest BCUT2D eigenvalue weighted by Crippen LogP contribution is -2.48. The summed E-state index contributed by atoms with van der Waals surface area (Å²) in [6.45, 7) is 0. The Bertz CT molecular complexity index is 558. The number of fused-ring (bicyclic) bond motifs is 1. The fourth-order valence-corrected chi connectivity index (χ4v) is 3.84. The number of benzene rings is 1. The van der Waals surface area contributed by atoms with Crippen LogP contribution < -0.4 is 9.22 Å². The van der Waals surface area contributed by atoms with Crippen molar-refractivity contribution in [1.29, 1.82) is 0 Å². The molecule has 3 nitrogen and oxygen atoms in total. The highest BCUT2D eigenvalue weighted by molar-refractivity contribution is 6.12. The molecule has 2 aliphatic rings. The van der Waals surface area contributed by atoms with E-state index < -0.39 is 0 Å². The Balaban J connectivity index is 2.13. The summed E-state index contributed by atoms with van der Waals surface area (Å²) in [5.41, 5.74) is 2.99. The Morgan fingerprint density at radius 1 is 1.25 bits per heavy atom. The highest BCUT2D eigenvalue weighted by Crippen LogP contribution is 2.48. The van der Waals surface area contributed by atoms with Crippen LogP contribution in [0.25, 0.3) is 5.57 Å². The van der Waals surface area contributed by atoms with Crippen molar-refractivity contribution in [2.45, 2.75) is 38.1 Å². The minimum Gasteiger partial charge on any atom is -0.491 e. The second-order valence-electron chi connectivity index (χ2n) is 6.00. The second-order valence-corrected chi connectivity index (χ2v) is 6.00. The zero-order chi connectivity index (χ0) is 14.2. The van der Waals surface area contributed by atoms with Crippen molar-refractivity contribution >= 4 is 17.5 Å². The van der Waals surface area contributed by atoms with Gasteiger partial charge in [0, 0.05) is 12.8 Å². The number of methoxy groups -OCH3 is 1. The summed E-state index contributed by atoms with van der Waals surface area (Å²) >= 11 is 0. The first-order chi connectivity index (χ1) is 9.70. The molecule has 1 aliphatic carbocycles. The Hall–Kier alpha value is -1.61. The molecule has 0 aromatic heterocycles. The number of allylic oxidation sites excluding steroid dienone is 1. The molecule has 1 aromatic carbocycles. The smallest absolute Gasteiger partial charge is 0.188 e. The van der Waals surface area contributed by atoms with Gasteiger partial charge in [-0.1, -0.05) is 12.5 Å². The van der Waals surface area contributed by atoms with Crippen LogP contribution in [0.3, 0.4) is 0 Å². The van der Waals surface area contributed by atoms with Gasteiger partial charge in [0.2, 0.25) is 0 Å². The summed E-state index contributed by atoms with van der Waals surface area (Å²) in [7, 11) is 3.92. The Labute approximate surface area is 120 Å². The summed E-state index contributed by atoms with van der Waals surface area (Å²) in [5, 5.41) is 0. The van der Waals surface area contributed by atoms with Crippen molar-refractivity contribution in [3.05, 3.63) is 30.0 Å². The number of rotatable bonds is 3. The number of hydrogen-bond acceptors (Lipinski definition) is 2. The van der Waals surface area contributed by atoms with Gasteiger partial charge in [0.25, 0.3) is 0 Å². The molecule has 1 unspecified atom stereocenters. The van der Waals surface area contributed by atoms with Crippen LogP contribution in [0.5, 0.6) is 5.75 Å². The van der Waals surface area contributed by atoms with Crippen LogP contribution in [-0.4, -0.2) is 26.5 Å². The average Bonchev–Trinajstić information content (AvgIpc) is 2.82. The van der Waals surface area contributed by atoms with Crippen LogP contribution in [0, 0.1) is 0 Å². The second kappa shape index (κ2) is 5.06. The van der Waals surface area contributed by atoms with E-state index in [-0.39, 0.29) is 0 Å². The fraction of sp³-hybridized carbons (Fsp3) is 0.471. The number of quaternary nitrogens is 1. The first-order valence-corrected chi connectivity index (χ1v) is 7.42. The summed E-state index contributed by atoms with van der Waals surface area (Å²) in [6, 6.07) is 6.55. The van der Waals surface area contributed by atoms with E-state index in [0.29, 0.717) is 10.5 Å². The van der Waals surface area contributed by atoms with Gasteiger partial charge in [0.1, 0.15) is 6.20 Å². The maximum atomic E-state index is 11.4. The van der Waals surface area contributed by atoms with E-state index in [1.165, 1.54) is 32.1 Å². The quantitative estimate of drug-likeness (QED) is 0.621. The highest BCUT2D eigenvalue weighted by Gasteiger charge is 2.43. The van der Waals surface area contributed by atoms with Gasteiger partial charge in [-0.25, -0.2) is 0 Å². The molecule has 1 saturated carbocycles. The van der Waals surface area contributed by atoms with E-state index in [1.807, 2.05) is 18.2 Å². The molecule has 20 heavy (non-hydrogen) atoms. The molecule has 3 rings (SSSR count). The van der Waals surface area contributed by atoms with Crippen molar-refractivity contribution in [3.8, 4) is 5.75 Å². The van der Waals surface area contributed by atoms with Crippen LogP contribution in [0.15, 0.2) is 24.4 Å². The largest absolute Gasteiger partial charge is 0.491 e. The van der Waals surface area contributed by atoms with Crippen molar-refractivity contribution in [1.82, 2.24) is 4.48 Å². The van der Waals surface area contributed by atoms with E-state index in [0.717, 1.165) is 28.9 Å². The van der Waals surface area contributed by atoms with Crippen molar-refractivity contribution in [2.75, 3.05) is 14.2 Å². The number of nitrogens with zero attached hydrogens (tertiary/aromatic N) is 1. The Morgan fingerprint density at radius 2 is 2.00 bits per heavy atom. The predicted octanol–water partition coefficient (Wildman–Crippen LogP) is 3.52. The van der Waals surface area contributed by atoms with Crippen LogP contribution in [0.4, 0.5) is 5.69 Å². The summed E-state index contributed by atoms with van der Waals surface area (Å²) in [5.74, 6) is 0.892. The van der Waals surface area contributed by atoms with Gasteiger partial charge < -0.3 is 4.74 Å². The van der Waals surface area contributed by atoms with Gasteiger partial charge >= 0.3 is 0 Å². The molecular weight excluding hydrogens is 250 g/mol. The third-order valence-corrected chi connectivity index (χ3v) is 4.88. The zero-order valence-electron chi connectivity index (χ0n) is 12.3. The molecule has 3 heteroatoms. The Morgan fingerprint density at radius 3 is 2.65 bits per heavy atom. The van der Waals surface area contributed by atoms with Gasteiger partial charge in [-0.05, 0) is 25.0 Å². The van der Waals surface area contributed by atoms with Gasteiger partial charge in [0.05, 0.1) is 31.3 Å². The van der Waals surface area contributed by atoms with E-state index in [4.69, 9.17) is 4.74 Å². The third kappa shape index (κ3) is 1.88. The zero-order valence-corrected chi connectivity index (χ0v) is 12.3. The van der Waals surface area contributed by atoms with E-state index >= 15 is 0 Å². The lowest BCUT2D eigenvalue weighted by Gasteiger charge is -2.38. The summed E-state index contributed by atoms with van der Waals surface area (Å²) in [6.07, 6.45) is 9.44. The molecule has 0 bridgehead atoms. The average molecular weight is 272 g/mol.